The second-order valence-electron chi connectivity index (χ2n) is 5.56. The van der Waals surface area contributed by atoms with E-state index in [4.69, 9.17) is 0 Å². The fourth-order valence-electron chi connectivity index (χ4n) is 2.73. The van der Waals surface area contributed by atoms with E-state index in [1.807, 2.05) is 45.0 Å². The summed E-state index contributed by atoms with van der Waals surface area (Å²) in [5.41, 5.74) is 5.84. The second kappa shape index (κ2) is 5.60. The van der Waals surface area contributed by atoms with Crippen molar-refractivity contribution in [1.82, 2.24) is 15.0 Å². The average molecular weight is 294 g/mol. The van der Waals surface area contributed by atoms with Gasteiger partial charge in [-0.15, -0.1) is 5.10 Å². The number of carbonyl (C=O) groups excluding carboxylic acids is 1. The lowest BCUT2D eigenvalue weighted by Gasteiger charge is -2.13. The third-order valence-corrected chi connectivity index (χ3v) is 3.66. The number of anilines is 1. The number of fused-ring (bicyclic) bond motifs is 1. The molecule has 0 aliphatic carbocycles. The van der Waals surface area contributed by atoms with Crippen molar-refractivity contribution in [2.24, 2.45) is 0 Å². The van der Waals surface area contributed by atoms with E-state index in [1.54, 1.807) is 4.68 Å². The van der Waals surface area contributed by atoms with Crippen molar-refractivity contribution in [3.05, 3.63) is 53.1 Å². The number of amides is 1. The monoisotopic (exact) mass is 294 g/mol. The minimum atomic E-state index is -0.106. The Balaban J connectivity index is 1.81. The Labute approximate surface area is 129 Å². The highest BCUT2D eigenvalue weighted by Crippen LogP contribution is 2.22. The molecular weight excluding hydrogens is 276 g/mol. The highest BCUT2D eigenvalue weighted by atomic mass is 16.2. The molecule has 0 spiro atoms. The SMILES string of the molecule is Cc1cc(C)c(NC(=O)Cn2nnc3ccccc32)c(C)c1. The first-order valence-corrected chi connectivity index (χ1v) is 7.20. The third-order valence-electron chi connectivity index (χ3n) is 3.66. The normalized spacial score (nSPS) is 10.9. The maximum Gasteiger partial charge on any atom is 0.246 e. The quantitative estimate of drug-likeness (QED) is 0.808. The molecule has 3 rings (SSSR count). The molecule has 0 aliphatic rings. The van der Waals surface area contributed by atoms with Crippen LogP contribution in [0.15, 0.2) is 36.4 Å². The minimum Gasteiger partial charge on any atom is -0.324 e. The molecule has 1 amide bonds. The van der Waals surface area contributed by atoms with Gasteiger partial charge < -0.3 is 5.32 Å². The van der Waals surface area contributed by atoms with Gasteiger partial charge in [-0.05, 0) is 44.0 Å². The molecule has 1 aromatic heterocycles. The Morgan fingerprint density at radius 1 is 1.14 bits per heavy atom. The van der Waals surface area contributed by atoms with Gasteiger partial charge in [0.2, 0.25) is 5.91 Å². The smallest absolute Gasteiger partial charge is 0.246 e. The van der Waals surface area contributed by atoms with Gasteiger partial charge in [0, 0.05) is 5.69 Å². The van der Waals surface area contributed by atoms with Gasteiger partial charge in [0.1, 0.15) is 12.1 Å². The highest BCUT2D eigenvalue weighted by molar-refractivity contribution is 5.93. The van der Waals surface area contributed by atoms with Crippen molar-refractivity contribution in [2.45, 2.75) is 27.3 Å². The summed E-state index contributed by atoms with van der Waals surface area (Å²) < 4.78 is 1.61. The Morgan fingerprint density at radius 2 is 1.82 bits per heavy atom. The van der Waals surface area contributed by atoms with E-state index in [-0.39, 0.29) is 12.5 Å². The molecule has 0 atom stereocenters. The highest BCUT2D eigenvalue weighted by Gasteiger charge is 2.11. The molecular formula is C17H18N4O. The van der Waals surface area contributed by atoms with Crippen molar-refractivity contribution in [2.75, 3.05) is 5.32 Å². The van der Waals surface area contributed by atoms with E-state index in [1.165, 1.54) is 5.56 Å². The molecule has 5 heteroatoms. The third kappa shape index (κ3) is 2.70. The van der Waals surface area contributed by atoms with Crippen molar-refractivity contribution in [3.63, 3.8) is 0 Å². The molecule has 0 fully saturated rings. The zero-order valence-corrected chi connectivity index (χ0v) is 12.9. The lowest BCUT2D eigenvalue weighted by molar-refractivity contribution is -0.116. The molecule has 0 unspecified atom stereocenters. The first kappa shape index (κ1) is 14.3. The number of rotatable bonds is 3. The van der Waals surface area contributed by atoms with Crippen molar-refractivity contribution in [1.29, 1.82) is 0 Å². The summed E-state index contributed by atoms with van der Waals surface area (Å²) >= 11 is 0. The van der Waals surface area contributed by atoms with Crippen molar-refractivity contribution < 1.29 is 4.79 Å². The summed E-state index contributed by atoms with van der Waals surface area (Å²) in [4.78, 5) is 12.3. The van der Waals surface area contributed by atoms with Gasteiger partial charge in [-0.3, -0.25) is 4.79 Å². The summed E-state index contributed by atoms with van der Waals surface area (Å²) in [7, 11) is 0. The standard InChI is InChI=1S/C17H18N4O/c1-11-8-12(2)17(13(3)9-11)18-16(22)10-21-15-7-5-4-6-14(15)19-20-21/h4-9H,10H2,1-3H3,(H,18,22). The van der Waals surface area contributed by atoms with Gasteiger partial charge in [0.05, 0.1) is 5.52 Å². The molecule has 22 heavy (non-hydrogen) atoms. The maximum atomic E-state index is 12.3. The Morgan fingerprint density at radius 3 is 2.55 bits per heavy atom. The number of benzene rings is 2. The largest absolute Gasteiger partial charge is 0.324 e. The molecule has 0 radical (unpaired) electrons. The van der Waals surface area contributed by atoms with E-state index >= 15 is 0 Å². The van der Waals surface area contributed by atoms with E-state index in [0.29, 0.717) is 0 Å². The van der Waals surface area contributed by atoms with Crippen LogP contribution in [0.25, 0.3) is 11.0 Å². The predicted molar refractivity (Wildman–Crippen MR) is 86.8 cm³/mol. The average Bonchev–Trinajstić information content (AvgIpc) is 2.86. The number of carbonyl (C=O) groups is 1. The number of para-hydroxylation sites is 1. The molecule has 1 heterocycles. The van der Waals surface area contributed by atoms with E-state index < -0.39 is 0 Å². The lowest BCUT2D eigenvalue weighted by Crippen LogP contribution is -2.20. The first-order valence-electron chi connectivity index (χ1n) is 7.20. The molecule has 2 aromatic carbocycles. The molecule has 0 bridgehead atoms. The summed E-state index contributed by atoms with van der Waals surface area (Å²) in [6.45, 7) is 6.20. The molecule has 112 valence electrons. The van der Waals surface area contributed by atoms with E-state index in [2.05, 4.69) is 27.8 Å². The van der Waals surface area contributed by atoms with Gasteiger partial charge in [0.25, 0.3) is 0 Å². The van der Waals surface area contributed by atoms with Crippen molar-refractivity contribution >= 4 is 22.6 Å². The molecule has 0 aliphatic heterocycles. The Bertz CT molecular complexity index is 828. The number of aromatic nitrogens is 3. The van der Waals surface area contributed by atoms with Gasteiger partial charge in [-0.25, -0.2) is 4.68 Å². The minimum absolute atomic E-state index is 0.106. The molecule has 0 saturated carbocycles. The number of nitrogens with one attached hydrogen (secondary N) is 1. The second-order valence-corrected chi connectivity index (χ2v) is 5.56. The van der Waals surface area contributed by atoms with E-state index in [9.17, 15) is 4.79 Å². The number of aryl methyl sites for hydroxylation is 3. The number of hydrogen-bond acceptors (Lipinski definition) is 3. The Kier molecular flexibility index (Phi) is 3.63. The summed E-state index contributed by atoms with van der Waals surface area (Å²) in [5.74, 6) is -0.106. The zero-order valence-electron chi connectivity index (χ0n) is 12.9. The fourth-order valence-corrected chi connectivity index (χ4v) is 2.73. The molecule has 1 N–H and O–H groups in total. The first-order chi connectivity index (χ1) is 10.5. The van der Waals surface area contributed by atoms with Crippen LogP contribution in [0.4, 0.5) is 5.69 Å². The van der Waals surface area contributed by atoms with Crippen LogP contribution in [0, 0.1) is 20.8 Å². The summed E-state index contributed by atoms with van der Waals surface area (Å²) in [6.07, 6.45) is 0. The van der Waals surface area contributed by atoms with Crippen LogP contribution >= 0.6 is 0 Å². The van der Waals surface area contributed by atoms with Crippen LogP contribution in [-0.2, 0) is 11.3 Å². The molecule has 3 aromatic rings. The predicted octanol–water partition coefficient (Wildman–Crippen LogP) is 3.00. The van der Waals surface area contributed by atoms with Crippen LogP contribution in [0.3, 0.4) is 0 Å². The van der Waals surface area contributed by atoms with Crippen LogP contribution in [0.2, 0.25) is 0 Å². The zero-order chi connectivity index (χ0) is 15.7. The van der Waals surface area contributed by atoms with Gasteiger partial charge in [-0.2, -0.15) is 0 Å². The Hall–Kier alpha value is -2.69. The summed E-state index contributed by atoms with van der Waals surface area (Å²) in [5, 5.41) is 11.1. The van der Waals surface area contributed by atoms with Gasteiger partial charge >= 0.3 is 0 Å². The van der Waals surface area contributed by atoms with Crippen LogP contribution in [-0.4, -0.2) is 20.9 Å². The fraction of sp³-hybridized carbons (Fsp3) is 0.235. The van der Waals surface area contributed by atoms with E-state index in [0.717, 1.165) is 27.8 Å². The van der Waals surface area contributed by atoms with Gasteiger partial charge in [-0.1, -0.05) is 35.0 Å². The van der Waals surface area contributed by atoms with Gasteiger partial charge in [0.15, 0.2) is 0 Å². The number of hydrogen-bond donors (Lipinski definition) is 1. The maximum absolute atomic E-state index is 12.3. The molecule has 5 nitrogen and oxygen atoms in total. The van der Waals surface area contributed by atoms with Crippen LogP contribution in [0.1, 0.15) is 16.7 Å². The lowest BCUT2D eigenvalue weighted by atomic mass is 10.1. The molecule has 0 saturated heterocycles. The summed E-state index contributed by atoms with van der Waals surface area (Å²) in [6, 6.07) is 11.7. The topological polar surface area (TPSA) is 59.8 Å². The number of nitrogens with zero attached hydrogens (tertiary/aromatic N) is 3. The van der Waals surface area contributed by atoms with Crippen LogP contribution < -0.4 is 5.32 Å². The van der Waals surface area contributed by atoms with Crippen LogP contribution in [0.5, 0.6) is 0 Å². The van der Waals surface area contributed by atoms with Crippen molar-refractivity contribution in [3.8, 4) is 0 Å².